The maximum absolute atomic E-state index is 10.1. The Balaban J connectivity index is 3.09. The van der Waals surface area contributed by atoms with Crippen LogP contribution >= 0.6 is 0 Å². The monoisotopic (exact) mass is 219 g/mol. The summed E-state index contributed by atoms with van der Waals surface area (Å²) in [6.07, 6.45) is 0.432. The summed E-state index contributed by atoms with van der Waals surface area (Å²) in [5.41, 5.74) is 11.3. The van der Waals surface area contributed by atoms with Crippen molar-refractivity contribution < 1.29 is 5.11 Å². The van der Waals surface area contributed by atoms with E-state index in [1.807, 2.05) is 19.9 Å². The minimum atomic E-state index is -1.41. The first-order valence-corrected chi connectivity index (χ1v) is 5.18. The summed E-state index contributed by atoms with van der Waals surface area (Å²) in [5.74, 6) is 0.262. The number of hydrogen-bond donors (Lipinski definition) is 3. The first kappa shape index (κ1) is 12.5. The zero-order valence-corrected chi connectivity index (χ0v) is 9.57. The number of nitriles is 1. The molecule has 16 heavy (non-hydrogen) atoms. The second-order valence-corrected chi connectivity index (χ2v) is 4.44. The van der Waals surface area contributed by atoms with Crippen LogP contribution < -0.4 is 11.5 Å². The molecular formula is C12H17N3O. The molecule has 0 amide bonds. The summed E-state index contributed by atoms with van der Waals surface area (Å²) in [6, 6.07) is 6.75. The van der Waals surface area contributed by atoms with Gasteiger partial charge in [0.25, 0.3) is 0 Å². The van der Waals surface area contributed by atoms with Crippen molar-refractivity contribution in [2.75, 3.05) is 5.73 Å². The van der Waals surface area contributed by atoms with Crippen LogP contribution in [0.3, 0.4) is 0 Å². The topological polar surface area (TPSA) is 96.1 Å². The molecule has 0 spiro atoms. The molecule has 0 heterocycles. The smallest absolute Gasteiger partial charge is 0.139 e. The largest absolute Gasteiger partial charge is 0.398 e. The lowest BCUT2D eigenvalue weighted by Gasteiger charge is -2.26. The second kappa shape index (κ2) is 4.52. The standard InChI is InChI=1S/C12H17N3O/c1-8(2)6-12(15,16)10-3-4-11(14)9(5-10)7-13/h3-5,8,16H,6,14-15H2,1-2H3. The van der Waals surface area contributed by atoms with Crippen molar-refractivity contribution in [3.8, 4) is 6.07 Å². The minimum Gasteiger partial charge on any atom is -0.398 e. The Hall–Kier alpha value is -1.57. The average molecular weight is 219 g/mol. The molecule has 0 bridgehead atoms. The third-order valence-corrected chi connectivity index (χ3v) is 2.39. The number of nitrogen functional groups attached to an aromatic ring is 1. The molecule has 0 aliphatic heterocycles. The molecule has 0 aliphatic carbocycles. The quantitative estimate of drug-likeness (QED) is 0.527. The lowest BCUT2D eigenvalue weighted by Crippen LogP contribution is -2.37. The zero-order chi connectivity index (χ0) is 12.3. The van der Waals surface area contributed by atoms with Crippen molar-refractivity contribution in [3.63, 3.8) is 0 Å². The van der Waals surface area contributed by atoms with Crippen LogP contribution in [0.25, 0.3) is 0 Å². The molecule has 0 fully saturated rings. The predicted octanol–water partition coefficient (Wildman–Crippen LogP) is 1.29. The molecule has 0 saturated heterocycles. The van der Waals surface area contributed by atoms with E-state index >= 15 is 0 Å². The molecule has 0 radical (unpaired) electrons. The molecule has 1 unspecified atom stereocenters. The van der Waals surface area contributed by atoms with Crippen LogP contribution in [0, 0.1) is 17.2 Å². The molecule has 1 rings (SSSR count). The molecule has 0 aliphatic rings. The molecule has 4 heteroatoms. The van der Waals surface area contributed by atoms with Gasteiger partial charge in [-0.2, -0.15) is 5.26 Å². The minimum absolute atomic E-state index is 0.262. The lowest BCUT2D eigenvalue weighted by molar-refractivity contribution is 0.0218. The van der Waals surface area contributed by atoms with E-state index in [-0.39, 0.29) is 5.92 Å². The Morgan fingerprint density at radius 3 is 2.62 bits per heavy atom. The van der Waals surface area contributed by atoms with Crippen LogP contribution in [-0.2, 0) is 5.72 Å². The summed E-state index contributed by atoms with van der Waals surface area (Å²) >= 11 is 0. The first-order chi connectivity index (χ1) is 7.36. The Morgan fingerprint density at radius 2 is 2.12 bits per heavy atom. The van der Waals surface area contributed by atoms with Crippen molar-refractivity contribution in [2.45, 2.75) is 26.0 Å². The number of hydrogen-bond acceptors (Lipinski definition) is 4. The van der Waals surface area contributed by atoms with Gasteiger partial charge >= 0.3 is 0 Å². The lowest BCUT2D eigenvalue weighted by atomic mass is 9.92. The predicted molar refractivity (Wildman–Crippen MR) is 63.1 cm³/mol. The van der Waals surface area contributed by atoms with E-state index < -0.39 is 5.72 Å². The Bertz CT molecular complexity index is 419. The van der Waals surface area contributed by atoms with Gasteiger partial charge in [0.2, 0.25) is 0 Å². The highest BCUT2D eigenvalue weighted by atomic mass is 16.3. The molecule has 1 aromatic rings. The van der Waals surface area contributed by atoms with Gasteiger partial charge in [-0.15, -0.1) is 0 Å². The van der Waals surface area contributed by atoms with Gasteiger partial charge in [0.1, 0.15) is 11.8 Å². The molecule has 4 nitrogen and oxygen atoms in total. The maximum Gasteiger partial charge on any atom is 0.139 e. The van der Waals surface area contributed by atoms with Crippen LogP contribution in [-0.4, -0.2) is 5.11 Å². The summed E-state index contributed by atoms with van der Waals surface area (Å²) < 4.78 is 0. The van der Waals surface area contributed by atoms with Gasteiger partial charge in [0.05, 0.1) is 5.56 Å². The van der Waals surface area contributed by atoms with Crippen LogP contribution in [0.5, 0.6) is 0 Å². The fourth-order valence-corrected chi connectivity index (χ4v) is 1.66. The van der Waals surface area contributed by atoms with E-state index in [1.54, 1.807) is 12.1 Å². The molecule has 0 saturated carbocycles. The Morgan fingerprint density at radius 1 is 1.50 bits per heavy atom. The van der Waals surface area contributed by atoms with E-state index in [9.17, 15) is 5.11 Å². The van der Waals surface area contributed by atoms with E-state index in [2.05, 4.69) is 0 Å². The highest BCUT2D eigenvalue weighted by Crippen LogP contribution is 2.25. The highest BCUT2D eigenvalue weighted by Gasteiger charge is 2.25. The van der Waals surface area contributed by atoms with Crippen LogP contribution in [0.1, 0.15) is 31.4 Å². The Kier molecular flexibility index (Phi) is 3.53. The number of anilines is 1. The molecule has 5 N–H and O–H groups in total. The van der Waals surface area contributed by atoms with Crippen molar-refractivity contribution >= 4 is 5.69 Å². The molecule has 1 aromatic carbocycles. The molecular weight excluding hydrogens is 202 g/mol. The van der Waals surface area contributed by atoms with E-state index in [4.69, 9.17) is 16.7 Å². The van der Waals surface area contributed by atoms with Crippen molar-refractivity contribution in [1.29, 1.82) is 5.26 Å². The highest BCUT2D eigenvalue weighted by molar-refractivity contribution is 5.55. The molecule has 1 atom stereocenters. The summed E-state index contributed by atoms with van der Waals surface area (Å²) in [4.78, 5) is 0. The molecule has 86 valence electrons. The van der Waals surface area contributed by atoms with Gasteiger partial charge in [-0.3, -0.25) is 5.73 Å². The van der Waals surface area contributed by atoms with Gasteiger partial charge in [-0.1, -0.05) is 19.9 Å². The first-order valence-electron chi connectivity index (χ1n) is 5.18. The summed E-state index contributed by atoms with van der Waals surface area (Å²) in [6.45, 7) is 3.95. The van der Waals surface area contributed by atoms with Crippen molar-refractivity contribution in [1.82, 2.24) is 0 Å². The fourth-order valence-electron chi connectivity index (χ4n) is 1.66. The fraction of sp³-hybridized carbons (Fsp3) is 0.417. The van der Waals surface area contributed by atoms with Crippen LogP contribution in [0.4, 0.5) is 5.69 Å². The van der Waals surface area contributed by atoms with Gasteiger partial charge < -0.3 is 10.8 Å². The normalized spacial score (nSPS) is 14.5. The van der Waals surface area contributed by atoms with E-state index in [1.165, 1.54) is 6.07 Å². The summed E-state index contributed by atoms with van der Waals surface area (Å²) in [5, 5.41) is 18.9. The number of aliphatic hydroxyl groups is 1. The number of nitrogens with zero attached hydrogens (tertiary/aromatic N) is 1. The van der Waals surface area contributed by atoms with Crippen LogP contribution in [0.2, 0.25) is 0 Å². The summed E-state index contributed by atoms with van der Waals surface area (Å²) in [7, 11) is 0. The third kappa shape index (κ3) is 2.72. The second-order valence-electron chi connectivity index (χ2n) is 4.44. The number of nitrogens with two attached hydrogens (primary N) is 2. The Labute approximate surface area is 95.5 Å². The van der Waals surface area contributed by atoms with Gasteiger partial charge in [-0.05, 0) is 30.0 Å². The van der Waals surface area contributed by atoms with Gasteiger partial charge in [-0.25, -0.2) is 0 Å². The molecule has 0 aromatic heterocycles. The number of rotatable bonds is 3. The van der Waals surface area contributed by atoms with Crippen molar-refractivity contribution in [3.05, 3.63) is 29.3 Å². The zero-order valence-electron chi connectivity index (χ0n) is 9.57. The van der Waals surface area contributed by atoms with E-state index in [0.717, 1.165) is 0 Å². The van der Waals surface area contributed by atoms with Gasteiger partial charge in [0.15, 0.2) is 0 Å². The van der Waals surface area contributed by atoms with Crippen LogP contribution in [0.15, 0.2) is 18.2 Å². The third-order valence-electron chi connectivity index (χ3n) is 2.39. The van der Waals surface area contributed by atoms with Gasteiger partial charge in [0, 0.05) is 5.69 Å². The average Bonchev–Trinajstić information content (AvgIpc) is 2.16. The van der Waals surface area contributed by atoms with Crippen molar-refractivity contribution in [2.24, 2.45) is 11.7 Å². The number of benzene rings is 1. The maximum atomic E-state index is 10.1. The van der Waals surface area contributed by atoms with E-state index in [0.29, 0.717) is 23.2 Å². The SMILES string of the molecule is CC(C)CC(N)(O)c1ccc(N)c(C#N)c1.